The summed E-state index contributed by atoms with van der Waals surface area (Å²) >= 11 is 0. The zero-order chi connectivity index (χ0) is 28.0. The standard InChI is InChI=1S/C27H25F3N6O3/c1-2-3-18(17-4-8-21(9-5-17)36(37)38)14-20-15-25(35-26(31)34-20)33-19-6-10-22(11-7-19)39-23-12-13-32-24(16-23)27(28,29)30/h4-13,15-16,18H,2-3,14H2,1H3,(H3,31,33,34,35). The third-order valence-electron chi connectivity index (χ3n) is 5.85. The molecule has 0 saturated heterocycles. The van der Waals surface area contributed by atoms with Crippen LogP contribution < -0.4 is 15.8 Å². The van der Waals surface area contributed by atoms with Crippen molar-refractivity contribution in [3.8, 4) is 11.5 Å². The lowest BCUT2D eigenvalue weighted by Gasteiger charge is -2.17. The molecule has 0 bridgehead atoms. The summed E-state index contributed by atoms with van der Waals surface area (Å²) in [6.45, 7) is 2.07. The van der Waals surface area contributed by atoms with E-state index in [2.05, 4.69) is 27.2 Å². The van der Waals surface area contributed by atoms with Crippen molar-refractivity contribution in [2.45, 2.75) is 38.3 Å². The summed E-state index contributed by atoms with van der Waals surface area (Å²) in [4.78, 5) is 22.5. The highest BCUT2D eigenvalue weighted by Gasteiger charge is 2.32. The number of anilines is 3. The van der Waals surface area contributed by atoms with Crippen LogP contribution in [0, 0.1) is 10.1 Å². The fourth-order valence-corrected chi connectivity index (χ4v) is 4.06. The summed E-state index contributed by atoms with van der Waals surface area (Å²) in [7, 11) is 0. The van der Waals surface area contributed by atoms with Gasteiger partial charge in [-0.25, -0.2) is 4.98 Å². The van der Waals surface area contributed by atoms with Crippen LogP contribution in [-0.4, -0.2) is 19.9 Å². The summed E-state index contributed by atoms with van der Waals surface area (Å²) in [6.07, 6.45) is -1.19. The molecule has 0 saturated carbocycles. The Kier molecular flexibility index (Phi) is 8.23. The number of hydrogen-bond donors (Lipinski definition) is 2. The number of nitro benzene ring substituents is 1. The minimum atomic E-state index is -4.57. The van der Waals surface area contributed by atoms with Crippen LogP contribution >= 0.6 is 0 Å². The second-order valence-electron chi connectivity index (χ2n) is 8.77. The van der Waals surface area contributed by atoms with Gasteiger partial charge in [0.15, 0.2) is 0 Å². The normalized spacial score (nSPS) is 12.1. The number of nitro groups is 1. The van der Waals surface area contributed by atoms with Crippen molar-refractivity contribution < 1.29 is 22.8 Å². The van der Waals surface area contributed by atoms with Gasteiger partial charge in [-0.1, -0.05) is 25.5 Å². The number of non-ortho nitro benzene ring substituents is 1. The number of nitrogen functional groups attached to an aromatic ring is 1. The van der Waals surface area contributed by atoms with E-state index in [0.29, 0.717) is 29.4 Å². The molecule has 0 aliphatic heterocycles. The predicted octanol–water partition coefficient (Wildman–Crippen LogP) is 7.04. The summed E-state index contributed by atoms with van der Waals surface area (Å²) < 4.78 is 44.2. The number of ether oxygens (including phenoxy) is 1. The van der Waals surface area contributed by atoms with Crippen LogP contribution in [0.25, 0.3) is 0 Å². The molecule has 0 aliphatic rings. The Balaban J connectivity index is 1.46. The first-order valence-electron chi connectivity index (χ1n) is 12.1. The summed E-state index contributed by atoms with van der Waals surface area (Å²) in [5.74, 6) is 0.996. The summed E-state index contributed by atoms with van der Waals surface area (Å²) in [5.41, 5.74) is 7.30. The maximum Gasteiger partial charge on any atom is 0.433 e. The Morgan fingerprint density at radius 3 is 2.38 bits per heavy atom. The van der Waals surface area contributed by atoms with Gasteiger partial charge < -0.3 is 15.8 Å². The van der Waals surface area contributed by atoms with E-state index < -0.39 is 16.8 Å². The number of alkyl halides is 3. The highest BCUT2D eigenvalue weighted by Crippen LogP contribution is 2.32. The molecule has 0 amide bonds. The molecule has 202 valence electrons. The molecule has 4 rings (SSSR count). The number of halogens is 3. The highest BCUT2D eigenvalue weighted by molar-refractivity contribution is 5.58. The Morgan fingerprint density at radius 2 is 1.74 bits per heavy atom. The van der Waals surface area contributed by atoms with Gasteiger partial charge in [0, 0.05) is 41.8 Å². The number of aromatic nitrogens is 3. The maximum atomic E-state index is 12.9. The minimum Gasteiger partial charge on any atom is -0.457 e. The zero-order valence-electron chi connectivity index (χ0n) is 20.9. The van der Waals surface area contributed by atoms with Crippen molar-refractivity contribution >= 4 is 23.1 Å². The van der Waals surface area contributed by atoms with E-state index in [4.69, 9.17) is 10.5 Å². The first-order valence-corrected chi connectivity index (χ1v) is 12.1. The molecule has 0 fully saturated rings. The molecule has 2 heterocycles. The fourth-order valence-electron chi connectivity index (χ4n) is 4.06. The highest BCUT2D eigenvalue weighted by atomic mass is 19.4. The Bertz CT molecular complexity index is 1430. The number of rotatable bonds is 10. The lowest BCUT2D eigenvalue weighted by molar-refractivity contribution is -0.384. The van der Waals surface area contributed by atoms with Crippen LogP contribution in [0.5, 0.6) is 11.5 Å². The number of nitrogens with zero attached hydrogens (tertiary/aromatic N) is 4. The van der Waals surface area contributed by atoms with Crippen LogP contribution in [0.4, 0.5) is 36.3 Å². The second-order valence-corrected chi connectivity index (χ2v) is 8.77. The molecular formula is C27H25F3N6O3. The first kappa shape index (κ1) is 27.3. The van der Waals surface area contributed by atoms with Crippen LogP contribution in [0.1, 0.15) is 42.6 Å². The van der Waals surface area contributed by atoms with Crippen molar-refractivity contribution in [3.63, 3.8) is 0 Å². The van der Waals surface area contributed by atoms with Gasteiger partial charge in [0.25, 0.3) is 5.69 Å². The maximum absolute atomic E-state index is 12.9. The molecule has 0 spiro atoms. The molecule has 39 heavy (non-hydrogen) atoms. The average Bonchev–Trinajstić information content (AvgIpc) is 2.89. The second kappa shape index (κ2) is 11.8. The number of benzene rings is 2. The summed E-state index contributed by atoms with van der Waals surface area (Å²) in [6, 6.07) is 17.1. The molecule has 12 heteroatoms. The average molecular weight is 539 g/mol. The quantitative estimate of drug-likeness (QED) is 0.162. The molecule has 3 N–H and O–H groups in total. The van der Waals surface area contributed by atoms with Gasteiger partial charge in [0.1, 0.15) is 23.0 Å². The molecule has 2 aromatic carbocycles. The summed E-state index contributed by atoms with van der Waals surface area (Å²) in [5, 5.41) is 14.1. The Morgan fingerprint density at radius 1 is 1.03 bits per heavy atom. The van der Waals surface area contributed by atoms with Gasteiger partial charge in [-0.15, -0.1) is 0 Å². The van der Waals surface area contributed by atoms with Crippen molar-refractivity contribution in [2.24, 2.45) is 0 Å². The number of nitrogens with one attached hydrogen (secondary N) is 1. The molecule has 2 aromatic heterocycles. The molecule has 0 aliphatic carbocycles. The lowest BCUT2D eigenvalue weighted by Crippen LogP contribution is -2.08. The van der Waals surface area contributed by atoms with Crippen molar-refractivity contribution in [2.75, 3.05) is 11.1 Å². The Hall–Kier alpha value is -4.74. The first-order chi connectivity index (χ1) is 18.6. The monoisotopic (exact) mass is 538 g/mol. The Labute approximate surface area is 222 Å². The van der Waals surface area contributed by atoms with Gasteiger partial charge in [0.2, 0.25) is 5.95 Å². The van der Waals surface area contributed by atoms with Gasteiger partial charge in [-0.2, -0.15) is 18.2 Å². The van der Waals surface area contributed by atoms with E-state index in [1.807, 2.05) is 0 Å². The molecule has 1 unspecified atom stereocenters. The van der Waals surface area contributed by atoms with Crippen LogP contribution in [-0.2, 0) is 12.6 Å². The number of nitrogens with two attached hydrogens (primary N) is 1. The smallest absolute Gasteiger partial charge is 0.433 e. The van der Waals surface area contributed by atoms with E-state index >= 15 is 0 Å². The van der Waals surface area contributed by atoms with Crippen LogP contribution in [0.3, 0.4) is 0 Å². The van der Waals surface area contributed by atoms with E-state index in [1.165, 1.54) is 18.2 Å². The fraction of sp³-hybridized carbons (Fsp3) is 0.222. The third kappa shape index (κ3) is 7.40. The lowest BCUT2D eigenvalue weighted by atomic mass is 9.90. The van der Waals surface area contributed by atoms with Gasteiger partial charge in [0.05, 0.1) is 4.92 Å². The van der Waals surface area contributed by atoms with E-state index in [0.717, 1.165) is 30.7 Å². The van der Waals surface area contributed by atoms with Gasteiger partial charge >= 0.3 is 6.18 Å². The third-order valence-corrected chi connectivity index (χ3v) is 5.85. The largest absolute Gasteiger partial charge is 0.457 e. The molecule has 9 nitrogen and oxygen atoms in total. The van der Waals surface area contributed by atoms with Crippen LogP contribution in [0.15, 0.2) is 72.9 Å². The van der Waals surface area contributed by atoms with E-state index in [-0.39, 0.29) is 23.3 Å². The number of pyridine rings is 1. The topological polar surface area (TPSA) is 129 Å². The molecule has 0 radical (unpaired) electrons. The minimum absolute atomic E-state index is 0.0147. The predicted molar refractivity (Wildman–Crippen MR) is 140 cm³/mol. The molecular weight excluding hydrogens is 513 g/mol. The SMILES string of the molecule is CCCC(Cc1cc(Nc2ccc(Oc3ccnc(C(F)(F)F)c3)cc2)nc(N)n1)c1ccc([N+](=O)[O-])cc1. The zero-order valence-corrected chi connectivity index (χ0v) is 20.9. The van der Waals surface area contributed by atoms with Crippen molar-refractivity contribution in [1.29, 1.82) is 0 Å². The van der Waals surface area contributed by atoms with Crippen molar-refractivity contribution in [3.05, 3.63) is 100.0 Å². The van der Waals surface area contributed by atoms with Gasteiger partial charge in [-0.3, -0.25) is 15.1 Å². The molecule has 4 aromatic rings. The van der Waals surface area contributed by atoms with Crippen LogP contribution in [0.2, 0.25) is 0 Å². The number of hydrogen-bond acceptors (Lipinski definition) is 8. The van der Waals surface area contributed by atoms with E-state index in [1.54, 1.807) is 42.5 Å². The molecule has 1 atom stereocenters. The van der Waals surface area contributed by atoms with E-state index in [9.17, 15) is 23.3 Å². The van der Waals surface area contributed by atoms with Crippen molar-refractivity contribution in [1.82, 2.24) is 15.0 Å². The van der Waals surface area contributed by atoms with Gasteiger partial charge in [-0.05, 0) is 54.7 Å².